The Morgan fingerprint density at radius 3 is 2.85 bits per heavy atom. The quantitative estimate of drug-likeness (QED) is 0.914. The van der Waals surface area contributed by atoms with Gasteiger partial charge in [-0.3, -0.25) is 4.79 Å². The van der Waals surface area contributed by atoms with Gasteiger partial charge in [0.2, 0.25) is 0 Å². The van der Waals surface area contributed by atoms with Crippen LogP contribution < -0.4 is 5.32 Å². The van der Waals surface area contributed by atoms with E-state index < -0.39 is 0 Å². The number of rotatable bonds is 3. The van der Waals surface area contributed by atoms with Crippen molar-refractivity contribution in [3.8, 4) is 0 Å². The van der Waals surface area contributed by atoms with E-state index in [2.05, 4.69) is 23.2 Å². The highest BCUT2D eigenvalue weighted by atomic mass is 16.2. The van der Waals surface area contributed by atoms with Crippen LogP contribution in [0.4, 0.5) is 5.69 Å². The van der Waals surface area contributed by atoms with E-state index in [9.17, 15) is 4.79 Å². The summed E-state index contributed by atoms with van der Waals surface area (Å²) in [5.41, 5.74) is 3.25. The molecular weight excluding hydrogens is 248 g/mol. The number of anilines is 1. The fourth-order valence-electron chi connectivity index (χ4n) is 3.63. The Labute approximate surface area is 121 Å². The summed E-state index contributed by atoms with van der Waals surface area (Å²) in [6.07, 6.45) is 7.10. The third-order valence-electron chi connectivity index (χ3n) is 4.67. The predicted octanol–water partition coefficient (Wildman–Crippen LogP) is 3.45. The highest BCUT2D eigenvalue weighted by Crippen LogP contribution is 2.30. The normalized spacial score (nSPS) is 18.4. The second kappa shape index (κ2) is 5.86. The van der Waals surface area contributed by atoms with Crippen LogP contribution in [-0.4, -0.2) is 29.9 Å². The number of benzene rings is 1. The Hall–Kier alpha value is -1.51. The van der Waals surface area contributed by atoms with Gasteiger partial charge >= 0.3 is 0 Å². The van der Waals surface area contributed by atoms with Gasteiger partial charge in [-0.2, -0.15) is 0 Å². The Morgan fingerprint density at radius 1 is 1.30 bits per heavy atom. The molecule has 0 bridgehead atoms. The summed E-state index contributed by atoms with van der Waals surface area (Å²) in [7, 11) is 0. The Balaban J connectivity index is 1.89. The van der Waals surface area contributed by atoms with E-state index >= 15 is 0 Å². The standard InChI is InChI=1S/C17H24N2O/c1-2-19(14-9-3-4-10-14)17(20)15-11-5-7-13-8-6-12-18-16(13)15/h5,7,11,14,18H,2-4,6,8-10,12H2,1H3. The average Bonchev–Trinajstić information content (AvgIpc) is 3.01. The van der Waals surface area contributed by atoms with Crippen molar-refractivity contribution in [1.29, 1.82) is 0 Å². The van der Waals surface area contributed by atoms with Crippen LogP contribution >= 0.6 is 0 Å². The van der Waals surface area contributed by atoms with Gasteiger partial charge in [0.05, 0.1) is 11.3 Å². The molecule has 3 rings (SSSR count). The maximum absolute atomic E-state index is 12.9. The number of aryl methyl sites for hydroxylation is 1. The van der Waals surface area contributed by atoms with Gasteiger partial charge in [0, 0.05) is 19.1 Å². The number of carbonyl (C=O) groups is 1. The van der Waals surface area contributed by atoms with Crippen LogP contribution in [0.1, 0.15) is 54.9 Å². The van der Waals surface area contributed by atoms with Gasteiger partial charge in [0.15, 0.2) is 0 Å². The molecule has 1 fully saturated rings. The predicted molar refractivity (Wildman–Crippen MR) is 82.2 cm³/mol. The van der Waals surface area contributed by atoms with E-state index in [1.807, 2.05) is 12.1 Å². The molecule has 1 heterocycles. The number of amides is 1. The zero-order chi connectivity index (χ0) is 13.9. The van der Waals surface area contributed by atoms with Crippen molar-refractivity contribution in [2.45, 2.75) is 51.5 Å². The molecule has 1 aliphatic carbocycles. The summed E-state index contributed by atoms with van der Waals surface area (Å²) < 4.78 is 0. The molecule has 3 nitrogen and oxygen atoms in total. The van der Waals surface area contributed by atoms with E-state index in [1.165, 1.54) is 31.2 Å². The lowest BCUT2D eigenvalue weighted by Gasteiger charge is -2.30. The molecule has 0 aromatic heterocycles. The lowest BCUT2D eigenvalue weighted by molar-refractivity contribution is 0.0694. The molecule has 1 saturated carbocycles. The number of nitrogens with one attached hydrogen (secondary N) is 1. The van der Waals surface area contributed by atoms with E-state index in [1.54, 1.807) is 0 Å². The van der Waals surface area contributed by atoms with Crippen molar-refractivity contribution < 1.29 is 4.79 Å². The Morgan fingerprint density at radius 2 is 2.10 bits per heavy atom. The maximum Gasteiger partial charge on any atom is 0.256 e. The Bertz CT molecular complexity index is 492. The molecule has 0 radical (unpaired) electrons. The summed E-state index contributed by atoms with van der Waals surface area (Å²) in [6.45, 7) is 3.89. The minimum absolute atomic E-state index is 0.214. The van der Waals surface area contributed by atoms with Crippen LogP contribution in [0.5, 0.6) is 0 Å². The van der Waals surface area contributed by atoms with Gasteiger partial charge in [0.25, 0.3) is 5.91 Å². The number of fused-ring (bicyclic) bond motifs is 1. The van der Waals surface area contributed by atoms with E-state index in [4.69, 9.17) is 0 Å². The molecule has 108 valence electrons. The molecular formula is C17H24N2O. The minimum Gasteiger partial charge on any atom is -0.384 e. The van der Waals surface area contributed by atoms with Crippen molar-refractivity contribution in [2.24, 2.45) is 0 Å². The fourth-order valence-corrected chi connectivity index (χ4v) is 3.63. The first-order valence-corrected chi connectivity index (χ1v) is 7.98. The van der Waals surface area contributed by atoms with E-state index in [-0.39, 0.29) is 5.91 Å². The second-order valence-corrected chi connectivity index (χ2v) is 5.90. The lowest BCUT2D eigenvalue weighted by Crippen LogP contribution is -2.39. The largest absolute Gasteiger partial charge is 0.384 e. The first-order chi connectivity index (χ1) is 9.81. The molecule has 0 saturated heterocycles. The van der Waals surface area contributed by atoms with E-state index in [0.29, 0.717) is 6.04 Å². The molecule has 1 N–H and O–H groups in total. The van der Waals surface area contributed by atoms with Crippen LogP contribution in [0.15, 0.2) is 18.2 Å². The number of nitrogens with zero attached hydrogens (tertiary/aromatic N) is 1. The van der Waals surface area contributed by atoms with Crippen LogP contribution in [0, 0.1) is 0 Å². The molecule has 3 heteroatoms. The molecule has 1 aromatic carbocycles. The van der Waals surface area contributed by atoms with Crippen LogP contribution in [0.25, 0.3) is 0 Å². The van der Waals surface area contributed by atoms with Crippen molar-refractivity contribution in [3.63, 3.8) is 0 Å². The number of hydrogen-bond donors (Lipinski definition) is 1. The summed E-state index contributed by atoms with van der Waals surface area (Å²) in [5.74, 6) is 0.214. The van der Waals surface area contributed by atoms with Gasteiger partial charge in [0.1, 0.15) is 0 Å². The zero-order valence-electron chi connectivity index (χ0n) is 12.3. The van der Waals surface area contributed by atoms with Gasteiger partial charge in [-0.1, -0.05) is 25.0 Å². The maximum atomic E-state index is 12.9. The third-order valence-corrected chi connectivity index (χ3v) is 4.67. The van der Waals surface area contributed by atoms with Crippen LogP contribution in [0.3, 0.4) is 0 Å². The summed E-state index contributed by atoms with van der Waals surface area (Å²) in [4.78, 5) is 15.0. The van der Waals surface area contributed by atoms with E-state index in [0.717, 1.165) is 37.2 Å². The molecule has 20 heavy (non-hydrogen) atoms. The molecule has 1 aliphatic heterocycles. The second-order valence-electron chi connectivity index (χ2n) is 5.90. The van der Waals surface area contributed by atoms with Gasteiger partial charge in [-0.15, -0.1) is 0 Å². The molecule has 1 aromatic rings. The first-order valence-electron chi connectivity index (χ1n) is 7.98. The lowest BCUT2D eigenvalue weighted by atomic mass is 9.98. The average molecular weight is 272 g/mol. The van der Waals surface area contributed by atoms with Gasteiger partial charge in [-0.25, -0.2) is 0 Å². The first kappa shape index (κ1) is 13.5. The smallest absolute Gasteiger partial charge is 0.256 e. The topological polar surface area (TPSA) is 32.3 Å². The summed E-state index contributed by atoms with van der Waals surface area (Å²) in [6, 6.07) is 6.61. The van der Waals surface area contributed by atoms with Crippen molar-refractivity contribution in [2.75, 3.05) is 18.4 Å². The number of hydrogen-bond acceptors (Lipinski definition) is 2. The number of para-hydroxylation sites is 1. The Kier molecular flexibility index (Phi) is 3.95. The molecule has 0 unspecified atom stereocenters. The minimum atomic E-state index is 0.214. The SMILES string of the molecule is CCN(C(=O)c1cccc2c1NCCC2)C1CCCC1. The van der Waals surface area contributed by atoms with Crippen LogP contribution in [-0.2, 0) is 6.42 Å². The molecule has 0 spiro atoms. The van der Waals surface area contributed by atoms with Crippen LogP contribution in [0.2, 0.25) is 0 Å². The van der Waals surface area contributed by atoms with Gasteiger partial charge in [-0.05, 0) is 44.2 Å². The highest BCUT2D eigenvalue weighted by molar-refractivity contribution is 6.00. The van der Waals surface area contributed by atoms with Gasteiger partial charge < -0.3 is 10.2 Å². The molecule has 0 atom stereocenters. The van der Waals surface area contributed by atoms with Crippen molar-refractivity contribution in [3.05, 3.63) is 29.3 Å². The zero-order valence-corrected chi connectivity index (χ0v) is 12.3. The summed E-state index contributed by atoms with van der Waals surface area (Å²) >= 11 is 0. The summed E-state index contributed by atoms with van der Waals surface area (Å²) in [5, 5.41) is 3.43. The fraction of sp³-hybridized carbons (Fsp3) is 0.588. The monoisotopic (exact) mass is 272 g/mol. The third kappa shape index (κ3) is 2.41. The van der Waals surface area contributed by atoms with Crippen molar-refractivity contribution >= 4 is 11.6 Å². The molecule has 1 amide bonds. The van der Waals surface area contributed by atoms with Crippen molar-refractivity contribution in [1.82, 2.24) is 4.90 Å². The number of carbonyl (C=O) groups excluding carboxylic acids is 1. The highest BCUT2D eigenvalue weighted by Gasteiger charge is 2.28. The molecule has 2 aliphatic rings.